The molecule has 0 N–H and O–H groups in total. The van der Waals surface area contributed by atoms with E-state index < -0.39 is 0 Å². The van der Waals surface area contributed by atoms with E-state index in [4.69, 9.17) is 4.65 Å². The monoisotopic (exact) mass is 236 g/mol. The molecule has 0 radical (unpaired) electrons. The number of hydrogen-bond donors (Lipinski definition) is 0. The molecular weight excluding hydrogens is 221 g/mol. The molecule has 88 valence electrons. The lowest BCUT2D eigenvalue weighted by Gasteiger charge is -2.10. The molecule has 3 heterocycles. The normalized spacial score (nSPS) is 19.2. The van der Waals surface area contributed by atoms with Crippen LogP contribution in [-0.4, -0.2) is 6.92 Å². The molecule has 1 aromatic heterocycles. The summed E-state index contributed by atoms with van der Waals surface area (Å²) in [6, 6.07) is 10.8. The molecule has 2 nitrogen and oxygen atoms in total. The minimum atomic E-state index is 0.471. The van der Waals surface area contributed by atoms with Gasteiger partial charge < -0.3 is 4.65 Å². The van der Waals surface area contributed by atoms with Gasteiger partial charge in [-0.15, -0.1) is 0 Å². The summed E-state index contributed by atoms with van der Waals surface area (Å²) in [6.07, 6.45) is 3.30. The van der Waals surface area contributed by atoms with E-state index in [1.807, 2.05) is 0 Å². The van der Waals surface area contributed by atoms with E-state index in [-0.39, 0.29) is 0 Å². The van der Waals surface area contributed by atoms with Crippen LogP contribution in [0.2, 0.25) is 6.32 Å². The first-order valence-corrected chi connectivity index (χ1v) is 6.50. The van der Waals surface area contributed by atoms with Crippen molar-refractivity contribution in [1.82, 2.24) is 0 Å². The highest BCUT2D eigenvalue weighted by Gasteiger charge is 2.53. The van der Waals surface area contributed by atoms with E-state index in [1.165, 1.54) is 28.7 Å². The Bertz CT molecular complexity index is 653. The highest BCUT2D eigenvalue weighted by Crippen LogP contribution is 2.52. The van der Waals surface area contributed by atoms with E-state index in [0.29, 0.717) is 12.7 Å². The summed E-state index contributed by atoms with van der Waals surface area (Å²) in [4.78, 5) is 0. The number of aromatic nitrogens is 1. The van der Waals surface area contributed by atoms with Gasteiger partial charge in [0.05, 0.1) is 5.56 Å². The lowest BCUT2D eigenvalue weighted by atomic mass is 9.89. The average molecular weight is 236 g/mol. The number of pyridine rings is 1. The molecule has 1 saturated heterocycles. The summed E-state index contributed by atoms with van der Waals surface area (Å²) in [5.41, 5.74) is 5.27. The Labute approximate surface area is 107 Å². The van der Waals surface area contributed by atoms with E-state index in [9.17, 15) is 0 Å². The van der Waals surface area contributed by atoms with Crippen molar-refractivity contribution in [3.05, 3.63) is 47.7 Å². The quantitative estimate of drug-likeness (QED) is 0.547. The molecule has 0 amide bonds. The van der Waals surface area contributed by atoms with Crippen LogP contribution < -0.4 is 9.22 Å². The third-order valence-corrected chi connectivity index (χ3v) is 4.10. The molecule has 18 heavy (non-hydrogen) atoms. The predicted molar refractivity (Wildman–Crippen MR) is 71.7 cm³/mol. The summed E-state index contributed by atoms with van der Waals surface area (Å²) < 4.78 is 8.09. The van der Waals surface area contributed by atoms with Gasteiger partial charge in [-0.05, 0) is 36.5 Å². The topological polar surface area (TPSA) is 13.1 Å². The van der Waals surface area contributed by atoms with E-state index in [1.54, 1.807) is 0 Å². The van der Waals surface area contributed by atoms with Gasteiger partial charge in [0.2, 0.25) is 5.69 Å². The summed E-state index contributed by atoms with van der Waals surface area (Å²) in [5, 5.41) is 0. The van der Waals surface area contributed by atoms with Crippen LogP contribution in [0.5, 0.6) is 5.75 Å². The molecule has 4 rings (SSSR count). The van der Waals surface area contributed by atoms with Gasteiger partial charge in [0.1, 0.15) is 12.8 Å². The van der Waals surface area contributed by atoms with Gasteiger partial charge >= 0.3 is 6.92 Å². The van der Waals surface area contributed by atoms with Gasteiger partial charge in [-0.1, -0.05) is 6.07 Å². The van der Waals surface area contributed by atoms with Crippen molar-refractivity contribution in [2.75, 3.05) is 0 Å². The maximum Gasteiger partial charge on any atom is 0.364 e. The van der Waals surface area contributed by atoms with E-state index in [2.05, 4.69) is 55.1 Å². The Morgan fingerprint density at radius 3 is 3.06 bits per heavy atom. The van der Waals surface area contributed by atoms with Crippen LogP contribution in [0.25, 0.3) is 11.3 Å². The Morgan fingerprint density at radius 2 is 2.22 bits per heavy atom. The Balaban J connectivity index is 1.90. The fraction of sp³-hybridized carbons (Fsp3) is 0.267. The number of hydrogen-bond acceptors (Lipinski definition) is 1. The lowest BCUT2D eigenvalue weighted by molar-refractivity contribution is -0.660. The molecule has 1 atom stereocenters. The Hall–Kier alpha value is -1.77. The molecule has 0 saturated carbocycles. The van der Waals surface area contributed by atoms with Crippen molar-refractivity contribution in [3.63, 3.8) is 0 Å². The molecule has 3 heteroatoms. The smallest absolute Gasteiger partial charge is 0.364 e. The highest BCUT2D eigenvalue weighted by molar-refractivity contribution is 6.67. The second-order valence-electron chi connectivity index (χ2n) is 5.40. The molecule has 2 aliphatic rings. The van der Waals surface area contributed by atoms with Crippen LogP contribution in [0, 0.1) is 6.92 Å². The number of aryl methyl sites for hydroxylation is 2. The van der Waals surface area contributed by atoms with Crippen molar-refractivity contribution in [2.45, 2.75) is 19.1 Å². The first-order valence-electron chi connectivity index (χ1n) is 6.50. The zero-order chi connectivity index (χ0) is 12.3. The zero-order valence-electron chi connectivity index (χ0n) is 10.7. The molecule has 2 aliphatic heterocycles. The maximum atomic E-state index is 5.93. The van der Waals surface area contributed by atoms with Crippen molar-refractivity contribution in [1.29, 1.82) is 0 Å². The van der Waals surface area contributed by atoms with Gasteiger partial charge in [-0.3, -0.25) is 0 Å². The van der Waals surface area contributed by atoms with Gasteiger partial charge in [0.15, 0.2) is 6.20 Å². The minimum Gasteiger partial charge on any atom is -0.560 e. The summed E-state index contributed by atoms with van der Waals surface area (Å²) >= 11 is 0. The Morgan fingerprint density at radius 1 is 1.33 bits per heavy atom. The standard InChI is InChI=1S/C15H15BNO/c1-10-7-12-13-9-16(13)18-15(12)8-11(10)14-5-3-4-6-17(14)2/h3-8,13H,9H2,1-2H3/q+1. The first-order chi connectivity index (χ1) is 8.74. The van der Waals surface area contributed by atoms with Crippen LogP contribution in [0.3, 0.4) is 0 Å². The molecule has 0 bridgehead atoms. The van der Waals surface area contributed by atoms with Gasteiger partial charge in [0, 0.05) is 17.9 Å². The average Bonchev–Trinajstić information content (AvgIpc) is 3.04. The van der Waals surface area contributed by atoms with Crippen LogP contribution in [0.1, 0.15) is 16.9 Å². The number of fused-ring (bicyclic) bond motifs is 3. The van der Waals surface area contributed by atoms with Crippen LogP contribution in [0.15, 0.2) is 36.5 Å². The minimum absolute atomic E-state index is 0.471. The summed E-state index contributed by atoms with van der Waals surface area (Å²) in [5.74, 6) is 1.78. The maximum absolute atomic E-state index is 5.93. The molecule has 0 aliphatic carbocycles. The van der Waals surface area contributed by atoms with Gasteiger partial charge in [0.25, 0.3) is 0 Å². The summed E-state index contributed by atoms with van der Waals surface area (Å²) in [7, 11) is 2.08. The third-order valence-electron chi connectivity index (χ3n) is 4.10. The number of rotatable bonds is 1. The number of benzene rings is 1. The van der Waals surface area contributed by atoms with Crippen molar-refractivity contribution < 1.29 is 9.22 Å². The second-order valence-corrected chi connectivity index (χ2v) is 5.40. The molecule has 1 aromatic carbocycles. The molecule has 1 fully saturated rings. The van der Waals surface area contributed by atoms with Crippen LogP contribution in [-0.2, 0) is 7.05 Å². The molecule has 2 aromatic rings. The fourth-order valence-corrected chi connectivity index (χ4v) is 2.97. The van der Waals surface area contributed by atoms with Gasteiger partial charge in [-0.2, -0.15) is 0 Å². The Kier molecular flexibility index (Phi) is 1.91. The number of nitrogens with zero attached hydrogens (tertiary/aromatic N) is 1. The molecule has 0 spiro atoms. The predicted octanol–water partition coefficient (Wildman–Crippen LogP) is 2.51. The van der Waals surface area contributed by atoms with Crippen molar-refractivity contribution in [3.8, 4) is 17.0 Å². The van der Waals surface area contributed by atoms with Crippen molar-refractivity contribution in [2.24, 2.45) is 7.05 Å². The van der Waals surface area contributed by atoms with Crippen molar-refractivity contribution >= 4 is 6.92 Å². The highest BCUT2D eigenvalue weighted by atomic mass is 16.4. The molecule has 1 unspecified atom stereocenters. The van der Waals surface area contributed by atoms with E-state index >= 15 is 0 Å². The van der Waals surface area contributed by atoms with Crippen LogP contribution in [0.4, 0.5) is 0 Å². The zero-order valence-corrected chi connectivity index (χ0v) is 10.7. The fourth-order valence-electron chi connectivity index (χ4n) is 2.97. The third kappa shape index (κ3) is 1.33. The lowest BCUT2D eigenvalue weighted by Crippen LogP contribution is -2.30. The first kappa shape index (κ1) is 10.2. The van der Waals surface area contributed by atoms with Gasteiger partial charge in [-0.25, -0.2) is 4.57 Å². The molecular formula is C15H15BNO+. The summed E-state index contributed by atoms with van der Waals surface area (Å²) in [6.45, 7) is 2.66. The second kappa shape index (κ2) is 3.38. The van der Waals surface area contributed by atoms with E-state index in [0.717, 1.165) is 5.75 Å². The van der Waals surface area contributed by atoms with Crippen LogP contribution >= 0.6 is 0 Å². The largest absolute Gasteiger partial charge is 0.560 e. The SMILES string of the molecule is Cc1cc2c(cc1-c1cccc[n+]1C)OB1CC12.